The number of rotatable bonds is 5. The highest BCUT2D eigenvalue weighted by Crippen LogP contribution is 2.25. The molecule has 1 amide bonds. The number of hydrogen-bond acceptors (Lipinski definition) is 5. The monoisotopic (exact) mass is 418 g/mol. The molecule has 2 aromatic heterocycles. The Morgan fingerprint density at radius 3 is 2.67 bits per heavy atom. The third-order valence-corrected chi connectivity index (χ3v) is 5.52. The number of carbonyl (C=O) groups excluding carboxylic acids is 1. The van der Waals surface area contributed by atoms with E-state index in [1.54, 1.807) is 24.3 Å². The van der Waals surface area contributed by atoms with E-state index in [4.69, 9.17) is 0 Å². The van der Waals surface area contributed by atoms with Gasteiger partial charge in [0.2, 0.25) is 0 Å². The fraction of sp³-hybridized carbons (Fsp3) is 0.0909. The molecule has 1 unspecified atom stereocenters. The van der Waals surface area contributed by atoms with Gasteiger partial charge >= 0.3 is 0 Å². The summed E-state index contributed by atoms with van der Waals surface area (Å²) in [5.74, 6) is -0.299. The van der Waals surface area contributed by atoms with Crippen molar-refractivity contribution in [1.29, 1.82) is 0 Å². The molecule has 0 radical (unpaired) electrons. The van der Waals surface area contributed by atoms with Gasteiger partial charge in [0.25, 0.3) is 17.0 Å². The second-order valence-electron chi connectivity index (χ2n) is 6.67. The molecule has 7 nitrogen and oxygen atoms in total. The minimum Gasteiger partial charge on any atom is -0.343 e. The maximum atomic E-state index is 12.7. The molecular formula is C22H18N4O3S. The molecular weight excluding hydrogens is 400 g/mol. The Morgan fingerprint density at radius 2 is 1.87 bits per heavy atom. The summed E-state index contributed by atoms with van der Waals surface area (Å²) >= 11 is 1.48. The highest BCUT2D eigenvalue weighted by atomic mass is 32.1. The van der Waals surface area contributed by atoms with E-state index in [-0.39, 0.29) is 11.9 Å². The zero-order valence-electron chi connectivity index (χ0n) is 16.0. The van der Waals surface area contributed by atoms with Gasteiger partial charge in [-0.05, 0) is 25.1 Å². The number of nitrogens with one attached hydrogen (secondary N) is 2. The van der Waals surface area contributed by atoms with Crippen LogP contribution in [0.2, 0.25) is 0 Å². The van der Waals surface area contributed by atoms with E-state index in [9.17, 15) is 14.4 Å². The lowest BCUT2D eigenvalue weighted by Gasteiger charge is -2.12. The number of carbonyl (C=O) groups is 1. The van der Waals surface area contributed by atoms with Crippen molar-refractivity contribution in [2.75, 3.05) is 0 Å². The minimum absolute atomic E-state index is 0.289. The zero-order chi connectivity index (χ0) is 21.1. The van der Waals surface area contributed by atoms with Crippen LogP contribution in [0.15, 0.2) is 81.7 Å². The van der Waals surface area contributed by atoms with Crippen LogP contribution in [0, 0.1) is 0 Å². The van der Waals surface area contributed by atoms with Crippen molar-refractivity contribution in [2.45, 2.75) is 13.0 Å². The molecule has 1 atom stereocenters. The summed E-state index contributed by atoms with van der Waals surface area (Å²) in [4.78, 5) is 40.9. The molecule has 0 bridgehead atoms. The van der Waals surface area contributed by atoms with Crippen LogP contribution < -0.4 is 16.4 Å². The van der Waals surface area contributed by atoms with E-state index in [1.165, 1.54) is 17.4 Å². The fourth-order valence-corrected chi connectivity index (χ4v) is 3.81. The average molecular weight is 418 g/mol. The number of nitrogens with zero attached hydrogens (tertiary/aromatic N) is 2. The van der Waals surface area contributed by atoms with E-state index in [1.807, 2.05) is 42.6 Å². The van der Waals surface area contributed by atoms with Gasteiger partial charge in [-0.15, -0.1) is 11.3 Å². The maximum Gasteiger partial charge on any atom is 0.269 e. The predicted molar refractivity (Wildman–Crippen MR) is 116 cm³/mol. The van der Waals surface area contributed by atoms with Crippen LogP contribution in [0.5, 0.6) is 0 Å². The molecule has 2 aromatic carbocycles. The summed E-state index contributed by atoms with van der Waals surface area (Å²) in [5.41, 5.74) is 1.86. The molecule has 0 aliphatic carbocycles. The van der Waals surface area contributed by atoms with Crippen molar-refractivity contribution in [3.05, 3.63) is 103 Å². The molecule has 0 aliphatic heterocycles. The Kier molecular flexibility index (Phi) is 5.40. The largest absolute Gasteiger partial charge is 0.343 e. The first-order valence-corrected chi connectivity index (χ1v) is 10.1. The second kappa shape index (κ2) is 8.30. The van der Waals surface area contributed by atoms with Gasteiger partial charge in [0.1, 0.15) is 5.01 Å². The fourth-order valence-electron chi connectivity index (χ4n) is 2.97. The van der Waals surface area contributed by atoms with E-state index in [0.29, 0.717) is 11.3 Å². The van der Waals surface area contributed by atoms with Crippen LogP contribution in [-0.4, -0.2) is 20.7 Å². The second-order valence-corrected chi connectivity index (χ2v) is 7.56. The summed E-state index contributed by atoms with van der Waals surface area (Å²) in [6.45, 7) is 1.87. The molecule has 0 fully saturated rings. The summed E-state index contributed by atoms with van der Waals surface area (Å²) in [6, 6.07) is 18.4. The molecule has 4 rings (SSSR count). The molecule has 0 spiro atoms. The minimum atomic E-state index is -0.406. The normalized spacial score (nSPS) is 11.8. The predicted octanol–water partition coefficient (Wildman–Crippen LogP) is 3.14. The number of hydrogen-bond donors (Lipinski definition) is 2. The Hall–Kier alpha value is -3.78. The maximum absolute atomic E-state index is 12.7. The van der Waals surface area contributed by atoms with E-state index >= 15 is 0 Å². The molecule has 4 aromatic rings. The average Bonchev–Trinajstić information content (AvgIpc) is 3.27. The highest BCUT2D eigenvalue weighted by Gasteiger charge is 2.16. The first kappa shape index (κ1) is 19.5. The number of H-pyrrole nitrogens is 1. The summed E-state index contributed by atoms with van der Waals surface area (Å²) < 4.78 is 1.11. The van der Waals surface area contributed by atoms with Crippen molar-refractivity contribution < 1.29 is 4.79 Å². The number of thiazole rings is 1. The Bertz CT molecular complexity index is 1310. The third kappa shape index (κ3) is 4.13. The van der Waals surface area contributed by atoms with Gasteiger partial charge in [0, 0.05) is 28.6 Å². The first-order chi connectivity index (χ1) is 14.5. The lowest BCUT2D eigenvalue weighted by Crippen LogP contribution is -2.28. The van der Waals surface area contributed by atoms with E-state index < -0.39 is 11.1 Å². The Balaban J connectivity index is 1.53. The standard InChI is InChI=1S/C22H18N4O3S/c1-14(22-24-18(13-30-22)15-6-3-2-4-7-15)23-21(29)16-8-5-9-17(12-16)26-20(28)11-10-19(27)25-26/h2-14H,1H3,(H,23,29)(H,25,27). The van der Waals surface area contributed by atoms with Gasteiger partial charge in [0.15, 0.2) is 0 Å². The first-order valence-electron chi connectivity index (χ1n) is 9.26. The molecule has 0 saturated heterocycles. The van der Waals surface area contributed by atoms with E-state index in [0.717, 1.165) is 27.0 Å². The lowest BCUT2D eigenvalue weighted by molar-refractivity contribution is 0.0940. The SMILES string of the molecule is CC(NC(=O)c1cccc(-n2[nH]c(=O)ccc2=O)c1)c1nc(-c2ccccc2)cs1. The molecule has 0 saturated carbocycles. The van der Waals surface area contributed by atoms with Gasteiger partial charge in [-0.1, -0.05) is 36.4 Å². The third-order valence-electron chi connectivity index (χ3n) is 4.50. The molecule has 2 N–H and O–H groups in total. The van der Waals surface area contributed by atoms with Crippen molar-refractivity contribution in [3.8, 4) is 16.9 Å². The smallest absolute Gasteiger partial charge is 0.269 e. The van der Waals surface area contributed by atoms with Crippen LogP contribution in [0.1, 0.15) is 28.3 Å². The number of amides is 1. The molecule has 150 valence electrons. The van der Waals surface area contributed by atoms with Gasteiger partial charge in [-0.2, -0.15) is 0 Å². The molecule has 0 aliphatic rings. The Morgan fingerprint density at radius 1 is 1.07 bits per heavy atom. The number of aromatic nitrogens is 3. The summed E-state index contributed by atoms with van der Waals surface area (Å²) in [5, 5.41) is 8.14. The number of benzene rings is 2. The van der Waals surface area contributed by atoms with Crippen LogP contribution >= 0.6 is 11.3 Å². The van der Waals surface area contributed by atoms with Gasteiger partial charge in [0.05, 0.1) is 17.4 Å². The van der Waals surface area contributed by atoms with Crippen LogP contribution in [0.3, 0.4) is 0 Å². The van der Waals surface area contributed by atoms with Crippen molar-refractivity contribution >= 4 is 17.2 Å². The zero-order valence-corrected chi connectivity index (χ0v) is 16.8. The molecule has 8 heteroatoms. The van der Waals surface area contributed by atoms with Crippen LogP contribution in [-0.2, 0) is 0 Å². The molecule has 30 heavy (non-hydrogen) atoms. The van der Waals surface area contributed by atoms with Crippen molar-refractivity contribution in [1.82, 2.24) is 20.1 Å². The van der Waals surface area contributed by atoms with Crippen molar-refractivity contribution in [2.24, 2.45) is 0 Å². The van der Waals surface area contributed by atoms with Gasteiger partial charge in [-0.3, -0.25) is 19.5 Å². The quantitative estimate of drug-likeness (QED) is 0.520. The lowest BCUT2D eigenvalue weighted by atomic mass is 10.1. The topological polar surface area (TPSA) is 96.9 Å². The summed E-state index contributed by atoms with van der Waals surface area (Å²) in [6.07, 6.45) is 0. The molecule has 2 heterocycles. The Labute approximate surface area is 175 Å². The summed E-state index contributed by atoms with van der Waals surface area (Å²) in [7, 11) is 0. The van der Waals surface area contributed by atoms with Gasteiger partial charge in [-0.25, -0.2) is 9.67 Å². The van der Waals surface area contributed by atoms with Crippen molar-refractivity contribution in [3.63, 3.8) is 0 Å². The van der Waals surface area contributed by atoms with E-state index in [2.05, 4.69) is 15.4 Å². The van der Waals surface area contributed by atoms with Crippen LogP contribution in [0.25, 0.3) is 16.9 Å². The van der Waals surface area contributed by atoms with Gasteiger partial charge < -0.3 is 5.32 Å². The number of aromatic amines is 1. The highest BCUT2D eigenvalue weighted by molar-refractivity contribution is 7.10. The van der Waals surface area contributed by atoms with Crippen LogP contribution in [0.4, 0.5) is 0 Å².